The molecule has 8 atom stereocenters. The summed E-state index contributed by atoms with van der Waals surface area (Å²) in [5, 5.41) is 13.8. The molecule has 0 saturated heterocycles. The van der Waals surface area contributed by atoms with Crippen molar-refractivity contribution in [3.63, 3.8) is 0 Å². The molecule has 58 heavy (non-hydrogen) atoms. The average molecular weight is 815 g/mol. The molecule has 1 unspecified atom stereocenters. The van der Waals surface area contributed by atoms with Gasteiger partial charge in [0.1, 0.15) is 0 Å². The van der Waals surface area contributed by atoms with E-state index in [1.807, 2.05) is 12.1 Å². The third-order valence-electron chi connectivity index (χ3n) is 17.4. The molecule has 0 heterocycles. The highest BCUT2D eigenvalue weighted by atomic mass is 35.5. The first kappa shape index (κ1) is 43.4. The molecule has 2 N–H and O–H groups in total. The Morgan fingerprint density at radius 1 is 0.897 bits per heavy atom. The number of hydrogen-bond acceptors (Lipinski definition) is 5. The minimum absolute atomic E-state index is 0.00978. The van der Waals surface area contributed by atoms with Gasteiger partial charge in [0.25, 0.3) is 0 Å². The number of fused-ring (bicyclic) bond motifs is 7. The Hall–Kier alpha value is -2.74. The summed E-state index contributed by atoms with van der Waals surface area (Å²) < 4.78 is 0. The van der Waals surface area contributed by atoms with E-state index in [4.69, 9.17) is 11.6 Å². The lowest BCUT2D eigenvalue weighted by molar-refractivity contribution is -0.199. The quantitative estimate of drug-likeness (QED) is 0.219. The second-order valence-electron chi connectivity index (χ2n) is 21.3. The number of rotatable bonds is 12. The molecule has 318 valence electrons. The van der Waals surface area contributed by atoms with Gasteiger partial charge in [0.2, 0.25) is 5.91 Å². The average Bonchev–Trinajstić information content (AvgIpc) is 3.48. The van der Waals surface area contributed by atoms with Gasteiger partial charge in [-0.2, -0.15) is 0 Å². The van der Waals surface area contributed by atoms with Crippen LogP contribution in [-0.4, -0.2) is 72.8 Å². The topological polar surface area (TPSA) is 89.9 Å². The molecule has 1 aromatic rings. The molecule has 6 aliphatic rings. The van der Waals surface area contributed by atoms with Crippen LogP contribution in [0.1, 0.15) is 125 Å². The number of allylic oxidation sites excluding steroid dienone is 5. The number of amides is 1. The Bertz CT molecular complexity index is 1880. The number of carboxylic acid groups (broad SMARTS) is 1. The van der Waals surface area contributed by atoms with E-state index in [0.717, 1.165) is 88.1 Å². The van der Waals surface area contributed by atoms with E-state index in [1.54, 1.807) is 0 Å². The molecule has 8 heteroatoms. The minimum atomic E-state index is -0.756. The number of aliphatic carboxylic acids is 1. The van der Waals surface area contributed by atoms with Gasteiger partial charge in [-0.1, -0.05) is 84.4 Å². The number of likely N-dealkylation sites (N-methyl/N-ethyl adjacent to an activating group) is 1. The second kappa shape index (κ2) is 15.9. The molecule has 7 nitrogen and oxygen atoms in total. The van der Waals surface area contributed by atoms with Gasteiger partial charge in [-0.3, -0.25) is 19.3 Å². The number of carboxylic acids is 1. The zero-order chi connectivity index (χ0) is 42.0. The van der Waals surface area contributed by atoms with Crippen LogP contribution in [0.5, 0.6) is 0 Å². The van der Waals surface area contributed by atoms with Gasteiger partial charge in [-0.25, -0.2) is 0 Å². The van der Waals surface area contributed by atoms with Crippen molar-refractivity contribution in [1.29, 1.82) is 0 Å². The molecule has 1 aromatic carbocycles. The number of nitrogens with zero attached hydrogens (tertiary/aromatic N) is 2. The normalized spacial score (nSPS) is 35.6. The molecule has 3 fully saturated rings. The molecule has 0 spiro atoms. The summed E-state index contributed by atoms with van der Waals surface area (Å²) in [5.74, 6) is 0.721. The summed E-state index contributed by atoms with van der Waals surface area (Å²) in [4.78, 5) is 45.4. The van der Waals surface area contributed by atoms with Gasteiger partial charge in [0.05, 0.1) is 11.3 Å². The first-order chi connectivity index (χ1) is 27.3. The van der Waals surface area contributed by atoms with Gasteiger partial charge in [0, 0.05) is 44.2 Å². The molecule has 0 aromatic heterocycles. The molecule has 6 aliphatic carbocycles. The molecular weight excluding hydrogens is 742 g/mol. The summed E-state index contributed by atoms with van der Waals surface area (Å²) in [6.07, 6.45) is 14.6. The van der Waals surface area contributed by atoms with E-state index in [2.05, 4.69) is 102 Å². The Morgan fingerprint density at radius 2 is 1.62 bits per heavy atom. The van der Waals surface area contributed by atoms with Crippen LogP contribution in [0, 0.1) is 56.7 Å². The largest absolute Gasteiger partial charge is 0.481 e. The van der Waals surface area contributed by atoms with Crippen LogP contribution < -0.4 is 5.32 Å². The zero-order valence-corrected chi connectivity index (χ0v) is 37.9. The van der Waals surface area contributed by atoms with Crippen LogP contribution in [0.25, 0.3) is 0 Å². The molecular formula is C50H72ClN3O4. The highest BCUT2D eigenvalue weighted by Crippen LogP contribution is 2.76. The third kappa shape index (κ3) is 7.19. The molecule has 3 saturated carbocycles. The Labute approximate surface area is 354 Å². The standard InChI is InChI=1S/C50H72ClN3O4/c1-32(2)42-39(55)30-50(45(58)52-26-27-54(29-28-53(8)9)31-33-10-16-36(51)17-11-33)25-24-48(6)38(43(42)50)18-19-41-47(5)22-20-37(34-12-14-35(15-13-34)44(56)57)46(3,4)40(47)21-23-49(41,48)7/h10-12,16-17,20,32,35,38,40-41H,13-15,18-19,21-31H2,1-9H3,(H,52,58)(H,56,57)/t35-,38+,40?,41+,47-,48+,49+,50+/m0/s1. The van der Waals surface area contributed by atoms with Crippen LogP contribution in [-0.2, 0) is 20.9 Å². The first-order valence-electron chi connectivity index (χ1n) is 22.6. The van der Waals surface area contributed by atoms with Crippen molar-refractivity contribution in [3.8, 4) is 0 Å². The molecule has 0 aliphatic heterocycles. The molecule has 1 amide bonds. The number of halogens is 1. The lowest BCUT2D eigenvalue weighted by atomic mass is 9.33. The number of hydrogen-bond donors (Lipinski definition) is 2. The highest BCUT2D eigenvalue weighted by molar-refractivity contribution is 6.30. The number of Topliss-reactive ketones (excluding diaryl/α,β-unsaturated/α-hetero) is 1. The van der Waals surface area contributed by atoms with Crippen molar-refractivity contribution in [2.75, 3.05) is 40.3 Å². The monoisotopic (exact) mass is 814 g/mol. The van der Waals surface area contributed by atoms with Crippen molar-refractivity contribution < 1.29 is 19.5 Å². The van der Waals surface area contributed by atoms with E-state index in [1.165, 1.54) is 28.7 Å². The van der Waals surface area contributed by atoms with Crippen LogP contribution in [0.2, 0.25) is 5.02 Å². The molecule has 7 rings (SSSR count). The fourth-order valence-corrected chi connectivity index (χ4v) is 14.4. The number of carbonyl (C=O) groups is 3. The van der Waals surface area contributed by atoms with Crippen LogP contribution in [0.3, 0.4) is 0 Å². The van der Waals surface area contributed by atoms with Gasteiger partial charge in [-0.05, 0) is 164 Å². The lowest BCUT2D eigenvalue weighted by Gasteiger charge is -2.71. The predicted molar refractivity (Wildman–Crippen MR) is 234 cm³/mol. The van der Waals surface area contributed by atoms with Crippen molar-refractivity contribution in [3.05, 3.63) is 69.3 Å². The Kier molecular flexibility index (Phi) is 11.9. The lowest BCUT2D eigenvalue weighted by Crippen LogP contribution is -2.64. The van der Waals surface area contributed by atoms with Crippen molar-refractivity contribution in [2.45, 2.75) is 126 Å². The number of benzene rings is 1. The van der Waals surface area contributed by atoms with E-state index >= 15 is 0 Å². The summed E-state index contributed by atoms with van der Waals surface area (Å²) in [6, 6.07) is 8.04. The van der Waals surface area contributed by atoms with Gasteiger partial charge >= 0.3 is 5.97 Å². The Morgan fingerprint density at radius 3 is 2.26 bits per heavy atom. The van der Waals surface area contributed by atoms with Gasteiger partial charge in [-0.15, -0.1) is 0 Å². The fraction of sp³-hybridized carbons (Fsp3) is 0.700. The smallest absolute Gasteiger partial charge is 0.306 e. The van der Waals surface area contributed by atoms with E-state index in [-0.39, 0.29) is 51.1 Å². The third-order valence-corrected chi connectivity index (χ3v) is 17.7. The second-order valence-corrected chi connectivity index (χ2v) is 21.8. The summed E-state index contributed by atoms with van der Waals surface area (Å²) >= 11 is 6.19. The maximum Gasteiger partial charge on any atom is 0.306 e. The SMILES string of the molecule is CC(C)C1=C2[C@H]3CC[C@@H]4[C@@]5(C)CC=C(C6=CC[C@H](C(=O)O)CC6)C(C)(C)C5CC[C@@]4(C)[C@]3(C)CC[C@@]2(C(=O)NCCN(CCN(C)C)Cc2ccc(Cl)cc2)CC1=O. The van der Waals surface area contributed by atoms with Gasteiger partial charge in [0.15, 0.2) is 5.78 Å². The van der Waals surface area contributed by atoms with E-state index in [0.29, 0.717) is 31.2 Å². The van der Waals surface area contributed by atoms with Crippen molar-refractivity contribution in [2.24, 2.45) is 56.7 Å². The number of ketones is 1. The van der Waals surface area contributed by atoms with Crippen LogP contribution in [0.4, 0.5) is 0 Å². The maximum atomic E-state index is 14.8. The maximum absolute atomic E-state index is 14.8. The zero-order valence-electron chi connectivity index (χ0n) is 37.1. The Balaban J connectivity index is 1.13. The molecule has 0 bridgehead atoms. The fourth-order valence-electron chi connectivity index (χ4n) is 14.3. The summed E-state index contributed by atoms with van der Waals surface area (Å²) in [7, 11) is 4.18. The van der Waals surface area contributed by atoms with Crippen LogP contribution >= 0.6 is 11.6 Å². The van der Waals surface area contributed by atoms with Crippen LogP contribution in [0.15, 0.2) is 58.7 Å². The highest BCUT2D eigenvalue weighted by Gasteiger charge is 2.70. The van der Waals surface area contributed by atoms with Crippen molar-refractivity contribution in [1.82, 2.24) is 15.1 Å². The number of nitrogens with one attached hydrogen (secondary N) is 1. The minimum Gasteiger partial charge on any atom is -0.481 e. The van der Waals surface area contributed by atoms with Gasteiger partial charge < -0.3 is 15.3 Å². The summed E-state index contributed by atoms with van der Waals surface area (Å²) in [6.45, 7) is 20.9. The first-order valence-corrected chi connectivity index (χ1v) is 23.0. The van der Waals surface area contributed by atoms with Crippen molar-refractivity contribution >= 4 is 29.3 Å². The summed E-state index contributed by atoms with van der Waals surface area (Å²) in [5.41, 5.74) is 5.70. The predicted octanol–water partition coefficient (Wildman–Crippen LogP) is 10.1. The molecule has 0 radical (unpaired) electrons. The van der Waals surface area contributed by atoms with E-state index in [9.17, 15) is 19.5 Å². The van der Waals surface area contributed by atoms with E-state index < -0.39 is 11.4 Å². The number of carbonyl (C=O) groups excluding carboxylic acids is 2.